The lowest BCUT2D eigenvalue weighted by molar-refractivity contribution is -0.142. The monoisotopic (exact) mass is 285 g/mol. The van der Waals surface area contributed by atoms with Gasteiger partial charge in [0.05, 0.1) is 13.0 Å². The minimum absolute atomic E-state index is 0.208. The van der Waals surface area contributed by atoms with E-state index in [2.05, 4.69) is 15.9 Å². The minimum Gasteiger partial charge on any atom is -0.469 e. The Morgan fingerprint density at radius 2 is 2.19 bits per heavy atom. The van der Waals surface area contributed by atoms with Gasteiger partial charge in [-0.15, -0.1) is 0 Å². The summed E-state index contributed by atoms with van der Waals surface area (Å²) >= 11 is 3.45. The van der Waals surface area contributed by atoms with E-state index in [-0.39, 0.29) is 11.9 Å². The molecule has 0 aliphatic heterocycles. The minimum atomic E-state index is -0.232. The zero-order valence-corrected chi connectivity index (χ0v) is 10.9. The molecule has 1 rings (SSSR count). The summed E-state index contributed by atoms with van der Waals surface area (Å²) in [6, 6.07) is 7.69. The third kappa shape index (κ3) is 3.32. The molecule has 0 fully saturated rings. The van der Waals surface area contributed by atoms with Crippen molar-refractivity contribution >= 4 is 21.9 Å². The first-order valence-corrected chi connectivity index (χ1v) is 6.02. The molecule has 0 saturated carbocycles. The van der Waals surface area contributed by atoms with Gasteiger partial charge in [-0.1, -0.05) is 34.1 Å². The Balaban J connectivity index is 2.92. The van der Waals surface area contributed by atoms with Gasteiger partial charge in [-0.3, -0.25) is 4.79 Å². The fourth-order valence-electron chi connectivity index (χ4n) is 1.62. The molecule has 0 heterocycles. The highest BCUT2D eigenvalue weighted by molar-refractivity contribution is 9.10. The van der Waals surface area contributed by atoms with Crippen molar-refractivity contribution in [3.05, 3.63) is 34.3 Å². The largest absolute Gasteiger partial charge is 0.469 e. The average Bonchev–Trinajstić information content (AvgIpc) is 2.31. The van der Waals surface area contributed by atoms with Gasteiger partial charge in [-0.05, 0) is 31.0 Å². The Morgan fingerprint density at radius 1 is 1.50 bits per heavy atom. The highest BCUT2D eigenvalue weighted by atomic mass is 79.9. The fourth-order valence-corrected chi connectivity index (χ4v) is 2.18. The predicted octanol–water partition coefficient (Wildman–Crippen LogP) is 2.44. The van der Waals surface area contributed by atoms with Crippen LogP contribution in [-0.2, 0) is 9.53 Å². The number of halogens is 1. The maximum atomic E-state index is 11.7. The number of benzene rings is 1. The van der Waals surface area contributed by atoms with E-state index in [0.717, 1.165) is 16.5 Å². The number of carbonyl (C=O) groups is 1. The molecule has 1 atom stereocenters. The highest BCUT2D eigenvalue weighted by Crippen LogP contribution is 2.29. The van der Waals surface area contributed by atoms with Gasteiger partial charge in [0.1, 0.15) is 0 Å². The number of esters is 1. The maximum absolute atomic E-state index is 11.7. The van der Waals surface area contributed by atoms with E-state index in [4.69, 9.17) is 10.5 Å². The fraction of sp³-hybridized carbons (Fsp3) is 0.417. The molecule has 0 amide bonds. The quantitative estimate of drug-likeness (QED) is 0.846. The number of carbonyl (C=O) groups excluding carboxylic acids is 1. The molecule has 3 nitrogen and oxygen atoms in total. The van der Waals surface area contributed by atoms with Gasteiger partial charge in [0, 0.05) is 4.47 Å². The van der Waals surface area contributed by atoms with Crippen molar-refractivity contribution in [3.63, 3.8) is 0 Å². The van der Waals surface area contributed by atoms with Crippen molar-refractivity contribution in [3.8, 4) is 0 Å². The van der Waals surface area contributed by atoms with Crippen LogP contribution >= 0.6 is 15.9 Å². The SMILES string of the molecule is COC(=O)C(CCCN)c1ccccc1Br. The number of hydrogen-bond acceptors (Lipinski definition) is 3. The molecule has 1 aromatic carbocycles. The van der Waals surface area contributed by atoms with Crippen LogP contribution in [0.5, 0.6) is 0 Å². The Bertz CT molecular complexity index is 355. The van der Waals surface area contributed by atoms with Crippen LogP contribution in [0, 0.1) is 0 Å². The molecular weight excluding hydrogens is 270 g/mol. The van der Waals surface area contributed by atoms with Crippen molar-refractivity contribution in [2.24, 2.45) is 5.73 Å². The molecule has 0 bridgehead atoms. The van der Waals surface area contributed by atoms with E-state index in [1.807, 2.05) is 24.3 Å². The predicted molar refractivity (Wildman–Crippen MR) is 67.2 cm³/mol. The Labute approximate surface area is 104 Å². The molecule has 16 heavy (non-hydrogen) atoms. The lowest BCUT2D eigenvalue weighted by Gasteiger charge is -2.15. The second-order valence-electron chi connectivity index (χ2n) is 3.53. The molecular formula is C12H16BrNO2. The number of ether oxygens (including phenoxy) is 1. The van der Waals surface area contributed by atoms with Crippen molar-refractivity contribution in [2.75, 3.05) is 13.7 Å². The number of hydrogen-bond donors (Lipinski definition) is 1. The van der Waals surface area contributed by atoms with Gasteiger partial charge in [-0.25, -0.2) is 0 Å². The molecule has 0 aliphatic rings. The lowest BCUT2D eigenvalue weighted by Crippen LogP contribution is -2.16. The molecule has 0 saturated heterocycles. The van der Waals surface area contributed by atoms with E-state index < -0.39 is 0 Å². The van der Waals surface area contributed by atoms with Crippen LogP contribution in [0.25, 0.3) is 0 Å². The number of nitrogens with two attached hydrogens (primary N) is 1. The maximum Gasteiger partial charge on any atom is 0.313 e. The van der Waals surface area contributed by atoms with Crippen LogP contribution in [0.3, 0.4) is 0 Å². The zero-order chi connectivity index (χ0) is 12.0. The molecule has 0 spiro atoms. The van der Waals surface area contributed by atoms with Crippen molar-refractivity contribution in [1.29, 1.82) is 0 Å². The summed E-state index contributed by atoms with van der Waals surface area (Å²) in [6.07, 6.45) is 1.52. The van der Waals surface area contributed by atoms with Gasteiger partial charge >= 0.3 is 5.97 Å². The second kappa shape index (κ2) is 6.66. The summed E-state index contributed by atoms with van der Waals surface area (Å²) in [7, 11) is 1.41. The van der Waals surface area contributed by atoms with E-state index in [1.165, 1.54) is 7.11 Å². The first-order valence-electron chi connectivity index (χ1n) is 5.23. The molecule has 88 valence electrons. The van der Waals surface area contributed by atoms with Gasteiger partial charge in [-0.2, -0.15) is 0 Å². The van der Waals surface area contributed by atoms with Gasteiger partial charge in [0.25, 0.3) is 0 Å². The van der Waals surface area contributed by atoms with Gasteiger partial charge in [0.2, 0.25) is 0 Å². The molecule has 4 heteroatoms. The van der Waals surface area contributed by atoms with Crippen LogP contribution in [0.15, 0.2) is 28.7 Å². The summed E-state index contributed by atoms with van der Waals surface area (Å²) in [5, 5.41) is 0. The molecule has 0 aromatic heterocycles. The van der Waals surface area contributed by atoms with Gasteiger partial charge < -0.3 is 10.5 Å². The van der Waals surface area contributed by atoms with E-state index in [0.29, 0.717) is 13.0 Å². The molecule has 1 unspecified atom stereocenters. The first kappa shape index (κ1) is 13.2. The number of rotatable bonds is 5. The van der Waals surface area contributed by atoms with Crippen molar-refractivity contribution in [2.45, 2.75) is 18.8 Å². The molecule has 2 N–H and O–H groups in total. The number of methoxy groups -OCH3 is 1. The average molecular weight is 286 g/mol. The Kier molecular flexibility index (Phi) is 5.49. The topological polar surface area (TPSA) is 52.3 Å². The van der Waals surface area contributed by atoms with Crippen LogP contribution in [0.1, 0.15) is 24.3 Å². The highest BCUT2D eigenvalue weighted by Gasteiger charge is 2.22. The summed E-state index contributed by atoms with van der Waals surface area (Å²) < 4.78 is 5.75. The summed E-state index contributed by atoms with van der Waals surface area (Å²) in [4.78, 5) is 11.7. The van der Waals surface area contributed by atoms with Crippen LogP contribution in [-0.4, -0.2) is 19.6 Å². The lowest BCUT2D eigenvalue weighted by atomic mass is 9.94. The Morgan fingerprint density at radius 3 is 2.75 bits per heavy atom. The smallest absolute Gasteiger partial charge is 0.313 e. The third-order valence-corrected chi connectivity index (χ3v) is 3.19. The second-order valence-corrected chi connectivity index (χ2v) is 4.38. The zero-order valence-electron chi connectivity index (χ0n) is 9.28. The molecule has 0 aliphatic carbocycles. The van der Waals surface area contributed by atoms with Gasteiger partial charge in [0.15, 0.2) is 0 Å². The summed E-state index contributed by atoms with van der Waals surface area (Å²) in [5.74, 6) is -0.440. The van der Waals surface area contributed by atoms with E-state index in [1.54, 1.807) is 0 Å². The third-order valence-electron chi connectivity index (χ3n) is 2.46. The standard InChI is InChI=1S/C12H16BrNO2/c1-16-12(15)10(6-4-8-14)9-5-2-3-7-11(9)13/h2-3,5,7,10H,4,6,8,14H2,1H3. The van der Waals surface area contributed by atoms with Crippen LogP contribution in [0.2, 0.25) is 0 Å². The van der Waals surface area contributed by atoms with E-state index >= 15 is 0 Å². The van der Waals surface area contributed by atoms with Crippen molar-refractivity contribution in [1.82, 2.24) is 0 Å². The molecule has 1 aromatic rings. The first-order chi connectivity index (χ1) is 7.70. The summed E-state index contributed by atoms with van der Waals surface area (Å²) in [5.41, 5.74) is 6.43. The summed E-state index contributed by atoms with van der Waals surface area (Å²) in [6.45, 7) is 0.581. The Hall–Kier alpha value is -0.870. The van der Waals surface area contributed by atoms with Crippen LogP contribution in [0.4, 0.5) is 0 Å². The van der Waals surface area contributed by atoms with E-state index in [9.17, 15) is 4.79 Å². The normalized spacial score (nSPS) is 12.2. The molecule has 0 radical (unpaired) electrons. The van der Waals surface area contributed by atoms with Crippen LogP contribution < -0.4 is 5.73 Å². The van der Waals surface area contributed by atoms with Crippen molar-refractivity contribution < 1.29 is 9.53 Å².